The van der Waals surface area contributed by atoms with Crippen molar-refractivity contribution in [3.8, 4) is 0 Å². The average Bonchev–Trinajstić information content (AvgIpc) is 2.48. The molecule has 1 amide bonds. The van der Waals surface area contributed by atoms with E-state index in [0.717, 1.165) is 25.2 Å². The molecule has 0 spiro atoms. The highest BCUT2D eigenvalue weighted by atomic mass is 16.5. The Balaban J connectivity index is 2.15. The Hall–Kier alpha value is -1.62. The number of nitrogens with zero attached hydrogens (tertiary/aromatic N) is 2. The van der Waals surface area contributed by atoms with Gasteiger partial charge in [0.2, 0.25) is 0 Å². The van der Waals surface area contributed by atoms with Crippen LogP contribution in [0.25, 0.3) is 0 Å². The molecule has 0 aromatic carbocycles. The number of carbonyl (C=O) groups excluding carboxylic acids is 1. The summed E-state index contributed by atoms with van der Waals surface area (Å²) in [5.74, 6) is 0.522. The van der Waals surface area contributed by atoms with Gasteiger partial charge in [-0.05, 0) is 25.3 Å². The predicted molar refractivity (Wildman–Crippen MR) is 78.9 cm³/mol. The number of carbonyl (C=O) groups is 1. The number of pyridine rings is 1. The second kappa shape index (κ2) is 6.70. The molecule has 2 unspecified atom stereocenters. The molecule has 0 bridgehead atoms. The van der Waals surface area contributed by atoms with Gasteiger partial charge in [-0.3, -0.25) is 9.78 Å². The third kappa shape index (κ3) is 3.10. The average molecular weight is 277 g/mol. The first-order valence-electron chi connectivity index (χ1n) is 7.17. The van der Waals surface area contributed by atoms with Gasteiger partial charge in [0, 0.05) is 39.1 Å². The lowest BCUT2D eigenvalue weighted by molar-refractivity contribution is -0.00154. The minimum Gasteiger partial charge on any atom is -0.385 e. The maximum atomic E-state index is 12.7. The van der Waals surface area contributed by atoms with Crippen LogP contribution in [0.3, 0.4) is 0 Å². The first-order chi connectivity index (χ1) is 9.67. The van der Waals surface area contributed by atoms with E-state index in [2.05, 4.69) is 17.2 Å². The molecule has 20 heavy (non-hydrogen) atoms. The molecule has 2 atom stereocenters. The zero-order valence-corrected chi connectivity index (χ0v) is 12.4. The number of nitrogens with one attached hydrogen (secondary N) is 1. The Morgan fingerprint density at radius 2 is 2.40 bits per heavy atom. The van der Waals surface area contributed by atoms with Gasteiger partial charge >= 0.3 is 0 Å². The largest absolute Gasteiger partial charge is 0.385 e. The number of anilines is 1. The highest BCUT2D eigenvalue weighted by Crippen LogP contribution is 2.23. The minimum absolute atomic E-state index is 0.0306. The van der Waals surface area contributed by atoms with Gasteiger partial charge in [0.05, 0.1) is 17.4 Å². The van der Waals surface area contributed by atoms with Gasteiger partial charge in [0.25, 0.3) is 5.91 Å². The van der Waals surface area contributed by atoms with Crippen LogP contribution in [0.1, 0.15) is 30.6 Å². The Bertz CT molecular complexity index is 464. The van der Waals surface area contributed by atoms with Crippen LogP contribution in [0.4, 0.5) is 5.69 Å². The molecule has 2 rings (SSSR count). The molecule has 0 saturated carbocycles. The smallest absolute Gasteiger partial charge is 0.257 e. The maximum absolute atomic E-state index is 12.7. The predicted octanol–water partition coefficient (Wildman–Crippen LogP) is 2.01. The standard InChI is InChI=1S/C15H23N3O2/c1-4-17-13-5-7-16-9-12(13)15(19)18-8-6-11(2)14(10-18)20-3/h5,7,9,11,14H,4,6,8,10H2,1-3H3,(H,16,17). The van der Waals surface area contributed by atoms with E-state index in [1.165, 1.54) is 0 Å². The summed E-state index contributed by atoms with van der Waals surface area (Å²) in [6.07, 6.45) is 4.43. The number of aromatic nitrogens is 1. The van der Waals surface area contributed by atoms with E-state index in [4.69, 9.17) is 4.74 Å². The first-order valence-corrected chi connectivity index (χ1v) is 7.17. The molecule has 0 aliphatic carbocycles. The summed E-state index contributed by atoms with van der Waals surface area (Å²) < 4.78 is 5.47. The van der Waals surface area contributed by atoms with Crippen molar-refractivity contribution < 1.29 is 9.53 Å². The molecular weight excluding hydrogens is 254 g/mol. The molecule has 2 heterocycles. The Morgan fingerprint density at radius 1 is 1.60 bits per heavy atom. The first kappa shape index (κ1) is 14.8. The fraction of sp³-hybridized carbons (Fsp3) is 0.600. The van der Waals surface area contributed by atoms with Crippen LogP contribution in [-0.4, -0.2) is 48.6 Å². The number of hydrogen-bond acceptors (Lipinski definition) is 4. The summed E-state index contributed by atoms with van der Waals surface area (Å²) in [4.78, 5) is 18.6. The molecular formula is C15H23N3O2. The zero-order valence-electron chi connectivity index (χ0n) is 12.4. The number of hydrogen-bond donors (Lipinski definition) is 1. The van der Waals surface area contributed by atoms with Gasteiger partial charge in [-0.25, -0.2) is 0 Å². The molecule has 0 radical (unpaired) electrons. The second-order valence-corrected chi connectivity index (χ2v) is 5.24. The van der Waals surface area contributed by atoms with E-state index in [1.807, 2.05) is 17.9 Å². The van der Waals surface area contributed by atoms with E-state index >= 15 is 0 Å². The van der Waals surface area contributed by atoms with Crippen LogP contribution < -0.4 is 5.32 Å². The van der Waals surface area contributed by atoms with Crippen molar-refractivity contribution in [3.05, 3.63) is 24.0 Å². The molecule has 110 valence electrons. The molecule has 1 fully saturated rings. The number of rotatable bonds is 4. The fourth-order valence-corrected chi connectivity index (χ4v) is 2.60. The van der Waals surface area contributed by atoms with Crippen LogP contribution in [0.5, 0.6) is 0 Å². The number of piperidine rings is 1. The van der Waals surface area contributed by atoms with Crippen molar-refractivity contribution in [3.63, 3.8) is 0 Å². The van der Waals surface area contributed by atoms with Gasteiger partial charge in [-0.15, -0.1) is 0 Å². The van der Waals surface area contributed by atoms with Crippen molar-refractivity contribution >= 4 is 11.6 Å². The highest BCUT2D eigenvalue weighted by Gasteiger charge is 2.30. The van der Waals surface area contributed by atoms with E-state index in [1.54, 1.807) is 19.5 Å². The quantitative estimate of drug-likeness (QED) is 0.914. The number of likely N-dealkylation sites (tertiary alicyclic amines) is 1. The normalized spacial score (nSPS) is 22.6. The third-order valence-electron chi connectivity index (χ3n) is 3.90. The van der Waals surface area contributed by atoms with Gasteiger partial charge in [0.15, 0.2) is 0 Å². The molecule has 5 heteroatoms. The van der Waals surface area contributed by atoms with Crippen LogP contribution in [0.2, 0.25) is 0 Å². The molecule has 5 nitrogen and oxygen atoms in total. The summed E-state index contributed by atoms with van der Waals surface area (Å²) in [7, 11) is 1.71. The summed E-state index contributed by atoms with van der Waals surface area (Å²) in [5.41, 5.74) is 1.49. The molecule has 1 aromatic heterocycles. The Morgan fingerprint density at radius 3 is 3.10 bits per heavy atom. The lowest BCUT2D eigenvalue weighted by Gasteiger charge is -2.36. The van der Waals surface area contributed by atoms with Gasteiger partial charge < -0.3 is 15.0 Å². The van der Waals surface area contributed by atoms with Gasteiger partial charge in [-0.2, -0.15) is 0 Å². The van der Waals surface area contributed by atoms with E-state index in [9.17, 15) is 4.79 Å². The summed E-state index contributed by atoms with van der Waals surface area (Å²) in [6.45, 7) is 6.39. The maximum Gasteiger partial charge on any atom is 0.257 e. The number of amides is 1. The molecule has 1 N–H and O–H groups in total. The third-order valence-corrected chi connectivity index (χ3v) is 3.90. The van der Waals surface area contributed by atoms with E-state index < -0.39 is 0 Å². The van der Waals surface area contributed by atoms with Crippen molar-refractivity contribution in [2.75, 3.05) is 32.1 Å². The molecule has 1 aromatic rings. The van der Waals surface area contributed by atoms with Crippen LogP contribution in [-0.2, 0) is 4.74 Å². The van der Waals surface area contributed by atoms with Crippen molar-refractivity contribution in [2.24, 2.45) is 5.92 Å². The molecule has 1 saturated heterocycles. The van der Waals surface area contributed by atoms with E-state index in [0.29, 0.717) is 18.0 Å². The SMILES string of the molecule is CCNc1ccncc1C(=O)N1CCC(C)C(OC)C1. The minimum atomic E-state index is 0.0306. The monoisotopic (exact) mass is 277 g/mol. The van der Waals surface area contributed by atoms with Crippen molar-refractivity contribution in [2.45, 2.75) is 26.4 Å². The fourth-order valence-electron chi connectivity index (χ4n) is 2.60. The van der Waals surface area contributed by atoms with E-state index in [-0.39, 0.29) is 12.0 Å². The zero-order chi connectivity index (χ0) is 14.5. The molecule has 1 aliphatic rings. The lowest BCUT2D eigenvalue weighted by atomic mass is 9.95. The van der Waals surface area contributed by atoms with Crippen LogP contribution in [0.15, 0.2) is 18.5 Å². The Labute approximate surface area is 120 Å². The number of methoxy groups -OCH3 is 1. The highest BCUT2D eigenvalue weighted by molar-refractivity contribution is 5.99. The lowest BCUT2D eigenvalue weighted by Crippen LogP contribution is -2.46. The Kier molecular flexibility index (Phi) is 4.95. The summed E-state index contributed by atoms with van der Waals surface area (Å²) in [6, 6.07) is 1.84. The van der Waals surface area contributed by atoms with Crippen LogP contribution in [0, 0.1) is 5.92 Å². The van der Waals surface area contributed by atoms with Crippen LogP contribution >= 0.6 is 0 Å². The van der Waals surface area contributed by atoms with Gasteiger partial charge in [-0.1, -0.05) is 6.92 Å². The topological polar surface area (TPSA) is 54.5 Å². The summed E-state index contributed by atoms with van der Waals surface area (Å²) in [5, 5.41) is 3.21. The van der Waals surface area contributed by atoms with Gasteiger partial charge in [0.1, 0.15) is 0 Å². The summed E-state index contributed by atoms with van der Waals surface area (Å²) >= 11 is 0. The van der Waals surface area contributed by atoms with Crippen molar-refractivity contribution in [1.29, 1.82) is 0 Å². The number of ether oxygens (including phenoxy) is 1. The molecule has 1 aliphatic heterocycles. The van der Waals surface area contributed by atoms with Crippen molar-refractivity contribution in [1.82, 2.24) is 9.88 Å². The second-order valence-electron chi connectivity index (χ2n) is 5.24.